The second kappa shape index (κ2) is 8.01. The lowest BCUT2D eigenvalue weighted by atomic mass is 10.2. The highest BCUT2D eigenvalue weighted by atomic mass is 32.2. The van der Waals surface area contributed by atoms with Crippen molar-refractivity contribution in [3.8, 4) is 0 Å². The molecule has 0 saturated heterocycles. The van der Waals surface area contributed by atoms with Gasteiger partial charge < -0.3 is 5.11 Å². The van der Waals surface area contributed by atoms with Crippen molar-refractivity contribution in [3.63, 3.8) is 0 Å². The maximum atomic E-state index is 9.85. The van der Waals surface area contributed by atoms with E-state index in [1.807, 2.05) is 11.8 Å². The van der Waals surface area contributed by atoms with Crippen molar-refractivity contribution >= 4 is 23.5 Å². The van der Waals surface area contributed by atoms with E-state index >= 15 is 0 Å². The van der Waals surface area contributed by atoms with Gasteiger partial charge in [0.1, 0.15) is 0 Å². The molecule has 1 nitrogen and oxygen atoms in total. The first-order chi connectivity index (χ1) is 6.11. The molecule has 0 bridgehead atoms. The summed E-state index contributed by atoms with van der Waals surface area (Å²) in [6.45, 7) is 6.52. The van der Waals surface area contributed by atoms with Gasteiger partial charge >= 0.3 is 0 Å². The van der Waals surface area contributed by atoms with E-state index in [-0.39, 0.29) is 6.10 Å². The predicted octanol–water partition coefficient (Wildman–Crippen LogP) is 3.02. The molecule has 0 fully saturated rings. The van der Waals surface area contributed by atoms with E-state index in [0.29, 0.717) is 10.5 Å². The monoisotopic (exact) mass is 222 g/mol. The lowest BCUT2D eigenvalue weighted by Crippen LogP contribution is -2.25. The van der Waals surface area contributed by atoms with Gasteiger partial charge in [0.25, 0.3) is 0 Å². The molecule has 0 aliphatic rings. The third-order valence-electron chi connectivity index (χ3n) is 1.91. The van der Waals surface area contributed by atoms with Crippen LogP contribution >= 0.6 is 23.5 Å². The van der Waals surface area contributed by atoms with Crippen LogP contribution < -0.4 is 0 Å². The molecule has 0 aliphatic carbocycles. The number of hydrogen-bond acceptors (Lipinski definition) is 3. The first-order valence-electron chi connectivity index (χ1n) is 4.94. The quantitative estimate of drug-likeness (QED) is 0.715. The molecule has 3 heteroatoms. The molecule has 0 aliphatic heterocycles. The summed E-state index contributed by atoms with van der Waals surface area (Å²) < 4.78 is 0. The Morgan fingerprint density at radius 2 is 1.92 bits per heavy atom. The summed E-state index contributed by atoms with van der Waals surface area (Å²) in [6, 6.07) is 0. The van der Waals surface area contributed by atoms with E-state index in [1.165, 1.54) is 0 Å². The third kappa shape index (κ3) is 6.69. The highest BCUT2D eigenvalue weighted by Crippen LogP contribution is 2.21. The van der Waals surface area contributed by atoms with E-state index in [2.05, 4.69) is 27.0 Å². The Hall–Kier alpha value is 0.660. The van der Waals surface area contributed by atoms with E-state index in [9.17, 15) is 5.11 Å². The summed E-state index contributed by atoms with van der Waals surface area (Å²) in [4.78, 5) is 0. The zero-order chi connectivity index (χ0) is 10.3. The molecule has 80 valence electrons. The number of aliphatic hydroxyl groups excluding tert-OH is 1. The molecule has 0 aromatic rings. The summed E-state index contributed by atoms with van der Waals surface area (Å²) in [6.07, 6.45) is 4.24. The largest absolute Gasteiger partial charge is 0.391 e. The molecular formula is C10H22OS2. The van der Waals surface area contributed by atoms with Gasteiger partial charge in [0.2, 0.25) is 0 Å². The molecule has 0 spiro atoms. The van der Waals surface area contributed by atoms with Gasteiger partial charge in [-0.2, -0.15) is 23.5 Å². The van der Waals surface area contributed by atoms with Gasteiger partial charge in [-0.05, 0) is 17.9 Å². The smallest absolute Gasteiger partial charge is 0.0748 e. The van der Waals surface area contributed by atoms with Crippen LogP contribution in [-0.4, -0.2) is 33.7 Å². The van der Waals surface area contributed by atoms with Crippen molar-refractivity contribution in [2.45, 2.75) is 50.2 Å². The molecular weight excluding hydrogens is 200 g/mol. The Morgan fingerprint density at radius 3 is 2.31 bits per heavy atom. The zero-order valence-corrected chi connectivity index (χ0v) is 10.8. The van der Waals surface area contributed by atoms with Gasteiger partial charge in [-0.15, -0.1) is 0 Å². The Balaban J connectivity index is 3.69. The van der Waals surface area contributed by atoms with E-state index in [0.717, 1.165) is 18.6 Å². The normalized spacial score (nSPS) is 16.2. The van der Waals surface area contributed by atoms with Crippen LogP contribution in [0.1, 0.15) is 33.6 Å². The first-order valence-corrected chi connectivity index (χ1v) is 7.27. The molecule has 0 saturated carbocycles. The maximum Gasteiger partial charge on any atom is 0.0748 e. The molecule has 2 atom stereocenters. The average Bonchev–Trinajstić information content (AvgIpc) is 2.10. The van der Waals surface area contributed by atoms with E-state index < -0.39 is 0 Å². The molecule has 0 aromatic carbocycles. The summed E-state index contributed by atoms with van der Waals surface area (Å²) >= 11 is 3.64. The summed E-state index contributed by atoms with van der Waals surface area (Å²) in [5.41, 5.74) is 0. The fourth-order valence-corrected chi connectivity index (χ4v) is 2.97. The van der Waals surface area contributed by atoms with Crippen molar-refractivity contribution in [2.24, 2.45) is 0 Å². The second-order valence-electron chi connectivity index (χ2n) is 3.51. The Bertz CT molecular complexity index is 117. The van der Waals surface area contributed by atoms with Crippen LogP contribution in [0.15, 0.2) is 0 Å². The van der Waals surface area contributed by atoms with Crippen molar-refractivity contribution < 1.29 is 5.11 Å². The zero-order valence-electron chi connectivity index (χ0n) is 9.12. The lowest BCUT2D eigenvalue weighted by Gasteiger charge is -2.20. The number of aliphatic hydroxyl groups is 1. The Morgan fingerprint density at radius 1 is 1.31 bits per heavy atom. The minimum Gasteiger partial charge on any atom is -0.391 e. The highest BCUT2D eigenvalue weighted by Gasteiger charge is 2.17. The van der Waals surface area contributed by atoms with E-state index in [1.54, 1.807) is 11.8 Å². The number of rotatable bonds is 7. The van der Waals surface area contributed by atoms with Gasteiger partial charge in [-0.1, -0.05) is 27.2 Å². The van der Waals surface area contributed by atoms with E-state index in [4.69, 9.17) is 0 Å². The lowest BCUT2D eigenvalue weighted by molar-refractivity contribution is 0.192. The summed E-state index contributed by atoms with van der Waals surface area (Å²) in [7, 11) is 0. The Labute approximate surface area is 91.1 Å². The van der Waals surface area contributed by atoms with Crippen LogP contribution in [0.3, 0.4) is 0 Å². The van der Waals surface area contributed by atoms with Crippen LogP contribution in [0.2, 0.25) is 0 Å². The van der Waals surface area contributed by atoms with Crippen LogP contribution in [-0.2, 0) is 0 Å². The van der Waals surface area contributed by atoms with Crippen LogP contribution in [0.25, 0.3) is 0 Å². The minimum atomic E-state index is -0.137. The van der Waals surface area contributed by atoms with Crippen molar-refractivity contribution in [1.82, 2.24) is 0 Å². The van der Waals surface area contributed by atoms with Gasteiger partial charge in [-0.3, -0.25) is 0 Å². The average molecular weight is 222 g/mol. The SMILES string of the molecule is CCC[C@@H](SC)[C@@H](O)CSC(C)C. The third-order valence-corrected chi connectivity index (χ3v) is 4.26. The molecule has 13 heavy (non-hydrogen) atoms. The van der Waals surface area contributed by atoms with Gasteiger partial charge in [0.05, 0.1) is 6.10 Å². The van der Waals surface area contributed by atoms with Crippen LogP contribution in [0.4, 0.5) is 0 Å². The maximum absolute atomic E-state index is 9.85. The second-order valence-corrected chi connectivity index (χ2v) is 6.20. The molecule has 0 aromatic heterocycles. The predicted molar refractivity (Wildman–Crippen MR) is 65.8 cm³/mol. The number of hydrogen-bond donors (Lipinski definition) is 1. The van der Waals surface area contributed by atoms with Gasteiger partial charge in [0.15, 0.2) is 0 Å². The fraction of sp³-hybridized carbons (Fsp3) is 1.00. The van der Waals surface area contributed by atoms with Crippen molar-refractivity contribution in [3.05, 3.63) is 0 Å². The topological polar surface area (TPSA) is 20.2 Å². The molecule has 0 rings (SSSR count). The van der Waals surface area contributed by atoms with Crippen molar-refractivity contribution in [2.75, 3.05) is 12.0 Å². The highest BCUT2D eigenvalue weighted by molar-refractivity contribution is 8.00. The summed E-state index contributed by atoms with van der Waals surface area (Å²) in [5.74, 6) is 0.878. The molecule has 0 radical (unpaired) electrons. The Kier molecular flexibility index (Phi) is 8.42. The molecule has 0 heterocycles. The van der Waals surface area contributed by atoms with Crippen LogP contribution in [0, 0.1) is 0 Å². The van der Waals surface area contributed by atoms with Crippen molar-refractivity contribution in [1.29, 1.82) is 0 Å². The molecule has 1 N–H and O–H groups in total. The minimum absolute atomic E-state index is 0.137. The van der Waals surface area contributed by atoms with Crippen LogP contribution in [0.5, 0.6) is 0 Å². The number of thioether (sulfide) groups is 2. The standard InChI is InChI=1S/C10H22OS2/c1-5-6-10(12-4)9(11)7-13-8(2)3/h8-11H,5-7H2,1-4H3/t9-,10+/m0/s1. The van der Waals surface area contributed by atoms with Gasteiger partial charge in [0, 0.05) is 11.0 Å². The molecule has 0 unspecified atom stereocenters. The fourth-order valence-electron chi connectivity index (χ4n) is 1.15. The molecule has 0 amide bonds. The van der Waals surface area contributed by atoms with Gasteiger partial charge in [-0.25, -0.2) is 0 Å². The summed E-state index contributed by atoms with van der Waals surface area (Å²) in [5, 5.41) is 10.9. The first kappa shape index (κ1) is 13.7.